The van der Waals surface area contributed by atoms with Gasteiger partial charge in [-0.2, -0.15) is 0 Å². The summed E-state index contributed by atoms with van der Waals surface area (Å²) < 4.78 is 27.4. The van der Waals surface area contributed by atoms with Crippen LogP contribution in [0.25, 0.3) is 0 Å². The van der Waals surface area contributed by atoms with E-state index in [9.17, 15) is 8.42 Å². The number of hydrogen-bond donors (Lipinski definition) is 0. The second kappa shape index (κ2) is 9.54. The third-order valence-corrected chi connectivity index (χ3v) is 9.33. The topological polar surface area (TPSA) is 34.1 Å². The van der Waals surface area contributed by atoms with Gasteiger partial charge in [0.15, 0.2) is 9.84 Å². The van der Waals surface area contributed by atoms with Gasteiger partial charge in [0.1, 0.15) is 0 Å². The first-order valence-corrected chi connectivity index (χ1v) is 13.9. The Bertz CT molecular complexity index is 1260. The molecule has 0 fully saturated rings. The van der Waals surface area contributed by atoms with E-state index in [1.54, 1.807) is 0 Å². The van der Waals surface area contributed by atoms with Gasteiger partial charge in [0.05, 0.1) is 10.6 Å². The fraction of sp³-hybridized carbons (Fsp3) is 0.355. The summed E-state index contributed by atoms with van der Waals surface area (Å²) in [4.78, 5) is 0.484. The predicted molar refractivity (Wildman–Crippen MR) is 143 cm³/mol. The van der Waals surface area contributed by atoms with Crippen molar-refractivity contribution in [3.63, 3.8) is 0 Å². The Morgan fingerprint density at radius 2 is 1.65 bits per heavy atom. The molecule has 0 saturated heterocycles. The molecule has 0 spiro atoms. The average Bonchev–Trinajstić information content (AvgIpc) is 2.84. The molecular weight excluding hydrogens is 436 g/mol. The maximum atomic E-state index is 13.7. The van der Waals surface area contributed by atoms with Crippen LogP contribution in [0.2, 0.25) is 0 Å². The largest absolute Gasteiger partial charge is 0.223 e. The number of benzene rings is 2. The van der Waals surface area contributed by atoms with Crippen molar-refractivity contribution in [3.05, 3.63) is 113 Å². The second-order valence-corrected chi connectivity index (χ2v) is 12.6. The smallest absolute Gasteiger partial charge is 0.182 e. The van der Waals surface area contributed by atoms with Crippen molar-refractivity contribution in [1.82, 2.24) is 0 Å². The monoisotopic (exact) mass is 472 g/mol. The molecule has 4 rings (SSSR count). The molecule has 1 heterocycles. The van der Waals surface area contributed by atoms with Crippen LogP contribution in [-0.2, 0) is 21.7 Å². The average molecular weight is 473 g/mol. The highest BCUT2D eigenvalue weighted by Crippen LogP contribution is 2.41. The highest BCUT2D eigenvalue weighted by molar-refractivity contribution is 7.91. The maximum absolute atomic E-state index is 13.7. The van der Waals surface area contributed by atoms with Crippen molar-refractivity contribution < 1.29 is 8.42 Å². The van der Waals surface area contributed by atoms with E-state index in [4.69, 9.17) is 0 Å². The highest BCUT2D eigenvalue weighted by Gasteiger charge is 2.32. The van der Waals surface area contributed by atoms with Crippen LogP contribution < -0.4 is 0 Å². The molecule has 3 heteroatoms. The van der Waals surface area contributed by atoms with Gasteiger partial charge < -0.3 is 0 Å². The first-order chi connectivity index (χ1) is 16.1. The Morgan fingerprint density at radius 1 is 0.882 bits per heavy atom. The number of hydrogen-bond acceptors (Lipinski definition) is 2. The molecule has 0 aromatic heterocycles. The summed E-state index contributed by atoms with van der Waals surface area (Å²) in [7, 11) is -3.47. The van der Waals surface area contributed by atoms with Crippen molar-refractivity contribution in [3.8, 4) is 0 Å². The van der Waals surface area contributed by atoms with Crippen molar-refractivity contribution in [2.45, 2.75) is 57.3 Å². The van der Waals surface area contributed by atoms with E-state index in [1.807, 2.05) is 36.4 Å². The molecule has 0 N–H and O–H groups in total. The quantitative estimate of drug-likeness (QED) is 0.465. The zero-order chi connectivity index (χ0) is 24.4. The molecule has 0 amide bonds. The Labute approximate surface area is 205 Å². The number of sulfone groups is 1. The van der Waals surface area contributed by atoms with Crippen LogP contribution in [0, 0.1) is 11.3 Å². The van der Waals surface area contributed by atoms with Crippen LogP contribution >= 0.6 is 0 Å². The molecule has 1 aliphatic heterocycles. The van der Waals surface area contributed by atoms with E-state index >= 15 is 0 Å². The molecule has 0 radical (unpaired) electrons. The lowest BCUT2D eigenvalue weighted by Gasteiger charge is -2.35. The maximum Gasteiger partial charge on any atom is 0.182 e. The number of fused-ring (bicyclic) bond motifs is 1. The van der Waals surface area contributed by atoms with E-state index in [1.165, 1.54) is 5.56 Å². The van der Waals surface area contributed by atoms with Gasteiger partial charge in [-0.05, 0) is 58.9 Å². The summed E-state index contributed by atoms with van der Waals surface area (Å²) in [6.07, 6.45) is 17.4. The van der Waals surface area contributed by atoms with Crippen LogP contribution in [0.15, 0.2) is 102 Å². The minimum atomic E-state index is -3.47. The van der Waals surface area contributed by atoms with Gasteiger partial charge in [0, 0.05) is 5.41 Å². The third-order valence-electron chi connectivity index (χ3n) is 7.67. The van der Waals surface area contributed by atoms with Crippen molar-refractivity contribution in [2.75, 3.05) is 5.75 Å². The molecule has 1 unspecified atom stereocenters. The molecule has 2 aromatic rings. The number of allylic oxidation sites excluding steroid dienone is 7. The Kier molecular flexibility index (Phi) is 6.87. The van der Waals surface area contributed by atoms with Crippen LogP contribution in [0.1, 0.15) is 57.2 Å². The molecule has 0 saturated carbocycles. The van der Waals surface area contributed by atoms with Crippen LogP contribution in [0.3, 0.4) is 0 Å². The molecule has 2 aliphatic rings. The summed E-state index contributed by atoms with van der Waals surface area (Å²) in [5.41, 5.74) is 3.78. The summed E-state index contributed by atoms with van der Waals surface area (Å²) in [5, 5.41) is 0. The van der Waals surface area contributed by atoms with Gasteiger partial charge in [0.2, 0.25) is 0 Å². The lowest BCUT2D eigenvalue weighted by atomic mass is 9.70. The molecule has 1 aliphatic carbocycles. The summed E-state index contributed by atoms with van der Waals surface area (Å²) in [5.74, 6) is 0.370. The van der Waals surface area contributed by atoms with Crippen molar-refractivity contribution >= 4 is 9.84 Å². The summed E-state index contributed by atoms with van der Waals surface area (Å²) in [6, 6.07) is 16.3. The zero-order valence-electron chi connectivity index (χ0n) is 20.8. The standard InChI is InChI=1S/C31H36O2S/c1-30(2,25-14-7-5-8-15-25)27-18-12-11-13-24-19-20-28(23-29(24)34(32,33)22-21-27)31(3,4)26-16-9-6-10-17-26/h5-10,12,14,16-21,23,25H,11,13,15,22H2,1-4H3/b18-12-,27-21+. The SMILES string of the molecule is CC(C)(c1ccccc1)c1ccc2c(c1)S(=O)(=O)C/C=C(C(C)(C)C1C=CC=CC1)\C=C/CC2. The first-order valence-electron chi connectivity index (χ1n) is 12.2. The van der Waals surface area contributed by atoms with Gasteiger partial charge in [-0.25, -0.2) is 8.42 Å². The summed E-state index contributed by atoms with van der Waals surface area (Å²) >= 11 is 0. The Morgan fingerprint density at radius 3 is 2.35 bits per heavy atom. The summed E-state index contributed by atoms with van der Waals surface area (Å²) in [6.45, 7) is 8.77. The van der Waals surface area contributed by atoms with Gasteiger partial charge in [-0.3, -0.25) is 0 Å². The third kappa shape index (κ3) is 4.90. The van der Waals surface area contributed by atoms with Gasteiger partial charge in [-0.1, -0.05) is 113 Å². The van der Waals surface area contributed by atoms with Crippen molar-refractivity contribution in [2.24, 2.45) is 11.3 Å². The predicted octanol–water partition coefficient (Wildman–Crippen LogP) is 7.37. The normalized spacial score (nSPS) is 22.9. The van der Waals surface area contributed by atoms with E-state index in [-0.39, 0.29) is 16.6 Å². The van der Waals surface area contributed by atoms with Crippen LogP contribution in [0.4, 0.5) is 0 Å². The molecule has 178 valence electrons. The van der Waals surface area contributed by atoms with Crippen LogP contribution in [-0.4, -0.2) is 14.2 Å². The molecule has 34 heavy (non-hydrogen) atoms. The molecule has 2 aromatic carbocycles. The van der Waals surface area contributed by atoms with Crippen molar-refractivity contribution in [1.29, 1.82) is 0 Å². The van der Waals surface area contributed by atoms with E-state index in [0.29, 0.717) is 10.8 Å². The van der Waals surface area contributed by atoms with Gasteiger partial charge in [0.25, 0.3) is 0 Å². The zero-order valence-corrected chi connectivity index (χ0v) is 21.6. The first kappa shape index (κ1) is 24.5. The van der Waals surface area contributed by atoms with E-state index in [2.05, 4.69) is 82.4 Å². The van der Waals surface area contributed by atoms with Gasteiger partial charge >= 0.3 is 0 Å². The van der Waals surface area contributed by atoms with E-state index in [0.717, 1.165) is 36.0 Å². The minimum absolute atomic E-state index is 0.0184. The fourth-order valence-electron chi connectivity index (χ4n) is 5.07. The minimum Gasteiger partial charge on any atom is -0.223 e. The Hall–Kier alpha value is -2.65. The number of aryl methyl sites for hydroxylation is 1. The van der Waals surface area contributed by atoms with Crippen LogP contribution in [0.5, 0.6) is 0 Å². The highest BCUT2D eigenvalue weighted by atomic mass is 32.2. The molecule has 2 nitrogen and oxygen atoms in total. The lowest BCUT2D eigenvalue weighted by Crippen LogP contribution is -2.25. The number of rotatable bonds is 4. The van der Waals surface area contributed by atoms with Gasteiger partial charge in [-0.15, -0.1) is 0 Å². The molecular formula is C31H36O2S. The lowest BCUT2D eigenvalue weighted by molar-refractivity contribution is 0.327. The van der Waals surface area contributed by atoms with E-state index < -0.39 is 9.84 Å². The second-order valence-electron chi connectivity index (χ2n) is 10.6. The molecule has 0 bridgehead atoms. The Balaban J connectivity index is 1.72. The molecule has 1 atom stereocenters. The fourth-order valence-corrected chi connectivity index (χ4v) is 6.53.